The number of hydrogen-bond donors (Lipinski definition) is 1. The van der Waals surface area contributed by atoms with E-state index in [-0.39, 0.29) is 11.5 Å². The quantitative estimate of drug-likeness (QED) is 0.807. The Labute approximate surface area is 129 Å². The minimum absolute atomic E-state index is 0.117. The summed E-state index contributed by atoms with van der Waals surface area (Å²) in [5.74, 6) is 0.732. The van der Waals surface area contributed by atoms with Crippen LogP contribution in [0.25, 0.3) is 0 Å². The third-order valence-corrected chi connectivity index (χ3v) is 5.65. The first-order valence-electron chi connectivity index (χ1n) is 8.48. The van der Waals surface area contributed by atoms with Crippen molar-refractivity contribution >= 4 is 5.97 Å². The predicted octanol–water partition coefficient (Wildman–Crippen LogP) is 3.67. The molecule has 120 valence electrons. The number of esters is 1. The van der Waals surface area contributed by atoms with Gasteiger partial charge < -0.3 is 10.1 Å². The zero-order valence-corrected chi connectivity index (χ0v) is 14.3. The van der Waals surface area contributed by atoms with E-state index < -0.39 is 5.60 Å². The molecule has 0 aromatic carbocycles. The molecular formula is C18H31NO2. The number of nitrogens with one attached hydrogen (secondary N) is 1. The summed E-state index contributed by atoms with van der Waals surface area (Å²) in [6.07, 6.45) is 7.86. The summed E-state index contributed by atoms with van der Waals surface area (Å²) >= 11 is 0. The lowest BCUT2D eigenvalue weighted by Crippen LogP contribution is -2.64. The summed E-state index contributed by atoms with van der Waals surface area (Å²) in [6.45, 7) is 11.1. The average Bonchev–Trinajstić information content (AvgIpc) is 2.18. The lowest BCUT2D eigenvalue weighted by molar-refractivity contribution is -0.157. The molecule has 2 unspecified atom stereocenters. The first kappa shape index (κ1) is 15.3. The zero-order chi connectivity index (χ0) is 15.5. The highest BCUT2D eigenvalue weighted by Gasteiger charge is 2.59. The fourth-order valence-electron chi connectivity index (χ4n) is 6.28. The van der Waals surface area contributed by atoms with Crippen molar-refractivity contribution in [2.24, 2.45) is 16.7 Å². The Morgan fingerprint density at radius 2 is 1.67 bits per heavy atom. The van der Waals surface area contributed by atoms with Crippen LogP contribution in [0.15, 0.2) is 0 Å². The molecule has 3 heteroatoms. The number of carbonyl (C=O) groups excluding carboxylic acids is 1. The summed E-state index contributed by atoms with van der Waals surface area (Å²) in [5.41, 5.74) is 0.752. The predicted molar refractivity (Wildman–Crippen MR) is 84.0 cm³/mol. The molecule has 0 aromatic rings. The molecule has 4 aliphatic carbocycles. The minimum Gasteiger partial charge on any atom is -0.459 e. The van der Waals surface area contributed by atoms with Crippen molar-refractivity contribution in [2.75, 3.05) is 6.54 Å². The average molecular weight is 293 g/mol. The van der Waals surface area contributed by atoms with Crippen LogP contribution in [0.2, 0.25) is 0 Å². The van der Waals surface area contributed by atoms with E-state index in [9.17, 15) is 4.79 Å². The van der Waals surface area contributed by atoms with Crippen LogP contribution in [0, 0.1) is 16.7 Å². The van der Waals surface area contributed by atoms with Crippen LogP contribution >= 0.6 is 0 Å². The van der Waals surface area contributed by atoms with E-state index in [1.54, 1.807) is 0 Å². The van der Waals surface area contributed by atoms with E-state index in [0.29, 0.717) is 17.4 Å². The van der Waals surface area contributed by atoms with E-state index >= 15 is 0 Å². The minimum atomic E-state index is -0.391. The molecule has 0 heterocycles. The van der Waals surface area contributed by atoms with Gasteiger partial charge in [0.25, 0.3) is 0 Å². The largest absolute Gasteiger partial charge is 0.459 e. The molecule has 0 aromatic heterocycles. The maximum Gasteiger partial charge on any atom is 0.320 e. The van der Waals surface area contributed by atoms with Crippen molar-refractivity contribution in [3.05, 3.63) is 0 Å². The van der Waals surface area contributed by atoms with E-state index in [2.05, 4.69) is 19.2 Å². The number of ether oxygens (including phenoxy) is 1. The summed E-state index contributed by atoms with van der Waals surface area (Å²) in [6, 6.07) is 0. The fourth-order valence-corrected chi connectivity index (χ4v) is 6.28. The van der Waals surface area contributed by atoms with Gasteiger partial charge in [0, 0.05) is 5.54 Å². The molecule has 4 bridgehead atoms. The lowest BCUT2D eigenvalue weighted by Gasteiger charge is -2.65. The van der Waals surface area contributed by atoms with Gasteiger partial charge in [-0.1, -0.05) is 13.8 Å². The van der Waals surface area contributed by atoms with Gasteiger partial charge >= 0.3 is 5.97 Å². The summed E-state index contributed by atoms with van der Waals surface area (Å²) in [4.78, 5) is 12.0. The molecule has 0 amide bonds. The Morgan fingerprint density at radius 1 is 1.10 bits per heavy atom. The molecule has 0 saturated heterocycles. The summed E-state index contributed by atoms with van der Waals surface area (Å²) in [7, 11) is 0. The fraction of sp³-hybridized carbons (Fsp3) is 0.944. The molecule has 21 heavy (non-hydrogen) atoms. The first-order valence-corrected chi connectivity index (χ1v) is 8.48. The van der Waals surface area contributed by atoms with Crippen LogP contribution in [0.3, 0.4) is 0 Å². The lowest BCUT2D eigenvalue weighted by atomic mass is 9.43. The van der Waals surface area contributed by atoms with E-state index in [1.807, 2.05) is 20.8 Å². The van der Waals surface area contributed by atoms with Gasteiger partial charge in [0.2, 0.25) is 0 Å². The smallest absolute Gasteiger partial charge is 0.320 e. The van der Waals surface area contributed by atoms with Crippen LogP contribution in [0.1, 0.15) is 73.1 Å². The monoisotopic (exact) mass is 293 g/mol. The molecule has 0 radical (unpaired) electrons. The van der Waals surface area contributed by atoms with Crippen molar-refractivity contribution < 1.29 is 9.53 Å². The van der Waals surface area contributed by atoms with Crippen LogP contribution < -0.4 is 5.32 Å². The highest BCUT2D eigenvalue weighted by Crippen LogP contribution is 2.66. The molecule has 2 atom stereocenters. The van der Waals surface area contributed by atoms with Gasteiger partial charge in [0.05, 0.1) is 6.54 Å². The second-order valence-corrected chi connectivity index (χ2v) is 9.85. The Hall–Kier alpha value is -0.570. The van der Waals surface area contributed by atoms with Crippen molar-refractivity contribution in [1.82, 2.24) is 5.32 Å². The number of carbonyl (C=O) groups is 1. The van der Waals surface area contributed by atoms with Crippen molar-refractivity contribution in [3.63, 3.8) is 0 Å². The highest BCUT2D eigenvalue weighted by molar-refractivity contribution is 5.72. The first-order chi connectivity index (χ1) is 9.51. The third-order valence-electron chi connectivity index (χ3n) is 5.65. The Bertz CT molecular complexity index is 433. The molecule has 4 saturated carbocycles. The summed E-state index contributed by atoms with van der Waals surface area (Å²) < 4.78 is 5.45. The molecular weight excluding hydrogens is 262 g/mol. The normalized spacial score (nSPS) is 44.9. The maximum atomic E-state index is 12.0. The highest BCUT2D eigenvalue weighted by atomic mass is 16.6. The molecule has 4 aliphatic rings. The Kier molecular flexibility index (Phi) is 3.26. The van der Waals surface area contributed by atoms with Gasteiger partial charge in [-0.15, -0.1) is 0 Å². The molecule has 0 spiro atoms. The second-order valence-electron chi connectivity index (χ2n) is 9.85. The second kappa shape index (κ2) is 4.47. The van der Waals surface area contributed by atoms with Crippen LogP contribution in [0.4, 0.5) is 0 Å². The van der Waals surface area contributed by atoms with Gasteiger partial charge in [-0.3, -0.25) is 4.79 Å². The van der Waals surface area contributed by atoms with Crippen LogP contribution in [-0.4, -0.2) is 23.7 Å². The van der Waals surface area contributed by atoms with Gasteiger partial charge in [-0.05, 0) is 76.0 Å². The van der Waals surface area contributed by atoms with Gasteiger partial charge in [-0.25, -0.2) is 0 Å². The van der Waals surface area contributed by atoms with Crippen molar-refractivity contribution in [3.8, 4) is 0 Å². The van der Waals surface area contributed by atoms with E-state index in [0.717, 1.165) is 5.92 Å². The molecule has 3 nitrogen and oxygen atoms in total. The van der Waals surface area contributed by atoms with Gasteiger partial charge in [0.1, 0.15) is 5.60 Å². The third kappa shape index (κ3) is 3.13. The maximum absolute atomic E-state index is 12.0. The van der Waals surface area contributed by atoms with Gasteiger partial charge in [0.15, 0.2) is 0 Å². The van der Waals surface area contributed by atoms with E-state index in [4.69, 9.17) is 4.74 Å². The zero-order valence-electron chi connectivity index (χ0n) is 14.3. The number of rotatable bonds is 3. The molecule has 4 fully saturated rings. The van der Waals surface area contributed by atoms with Gasteiger partial charge in [-0.2, -0.15) is 0 Å². The molecule has 4 rings (SSSR count). The molecule has 1 N–H and O–H groups in total. The van der Waals surface area contributed by atoms with E-state index in [1.165, 1.54) is 38.5 Å². The number of hydrogen-bond acceptors (Lipinski definition) is 3. The van der Waals surface area contributed by atoms with Crippen LogP contribution in [0.5, 0.6) is 0 Å². The Morgan fingerprint density at radius 3 is 2.14 bits per heavy atom. The van der Waals surface area contributed by atoms with Crippen molar-refractivity contribution in [1.29, 1.82) is 0 Å². The Balaban J connectivity index is 1.67. The van der Waals surface area contributed by atoms with Crippen molar-refractivity contribution in [2.45, 2.75) is 84.3 Å². The van der Waals surface area contributed by atoms with Crippen LogP contribution in [-0.2, 0) is 9.53 Å². The topological polar surface area (TPSA) is 38.3 Å². The SMILES string of the molecule is CC12CC3CC(C)(C1)CC(NCC(=O)OC(C)(C)C)(C3)C2. The summed E-state index contributed by atoms with van der Waals surface area (Å²) in [5, 5.41) is 3.63. The standard InChI is InChI=1S/C18H31NO2/c1-15(2,3)21-14(20)9-19-18-8-13-6-16(4,11-18)10-17(5,7-13)12-18/h13,19H,6-12H2,1-5H3. The molecule has 0 aliphatic heterocycles.